The highest BCUT2D eigenvalue weighted by Crippen LogP contribution is 2.41. The molecule has 1 saturated carbocycles. The molecule has 2 aromatic heterocycles. The Balaban J connectivity index is 0.708. The summed E-state index contributed by atoms with van der Waals surface area (Å²) in [6.07, 6.45) is 7.31. The summed E-state index contributed by atoms with van der Waals surface area (Å²) in [7, 11) is 0. The topological polar surface area (TPSA) is 211 Å². The van der Waals surface area contributed by atoms with Gasteiger partial charge in [-0.25, -0.2) is 14.4 Å². The Hall–Kier alpha value is -5.57. The minimum atomic E-state index is -0.747. The van der Waals surface area contributed by atoms with Gasteiger partial charge < -0.3 is 45.1 Å². The van der Waals surface area contributed by atoms with Crippen molar-refractivity contribution in [3.8, 4) is 5.75 Å². The van der Waals surface area contributed by atoms with Crippen molar-refractivity contribution in [2.24, 2.45) is 5.41 Å². The Morgan fingerprint density at radius 3 is 2.41 bits per heavy atom. The van der Waals surface area contributed by atoms with E-state index in [9.17, 15) is 28.4 Å². The van der Waals surface area contributed by atoms with Crippen LogP contribution in [0, 0.1) is 11.2 Å². The zero-order valence-electron chi connectivity index (χ0n) is 38.5. The van der Waals surface area contributed by atoms with Gasteiger partial charge in [0.25, 0.3) is 5.91 Å². The van der Waals surface area contributed by atoms with Gasteiger partial charge in [0.1, 0.15) is 11.9 Å². The van der Waals surface area contributed by atoms with Crippen molar-refractivity contribution < 1.29 is 47.3 Å². The molecule has 0 spiro atoms. The molecule has 5 amide bonds. The first-order valence-electron chi connectivity index (χ1n) is 23.6. The van der Waals surface area contributed by atoms with Crippen LogP contribution in [-0.4, -0.2) is 116 Å². The van der Waals surface area contributed by atoms with E-state index in [1.807, 2.05) is 23.6 Å². The molecule has 69 heavy (non-hydrogen) atoms. The predicted molar refractivity (Wildman–Crippen MR) is 258 cm³/mol. The maximum Gasteiger partial charge on any atom is 0.255 e. The van der Waals surface area contributed by atoms with Crippen LogP contribution >= 0.6 is 22.9 Å². The molecule has 1 unspecified atom stereocenters. The second-order valence-corrected chi connectivity index (χ2v) is 18.5. The van der Waals surface area contributed by atoms with Gasteiger partial charge in [-0.05, 0) is 87.9 Å². The van der Waals surface area contributed by atoms with Crippen LogP contribution in [0.15, 0.2) is 66.2 Å². The van der Waals surface area contributed by atoms with Gasteiger partial charge >= 0.3 is 0 Å². The number of hydrogen-bond donors (Lipinski definition) is 5. The van der Waals surface area contributed by atoms with Crippen LogP contribution in [-0.2, 0) is 46.4 Å². The van der Waals surface area contributed by atoms with Crippen molar-refractivity contribution in [3.63, 3.8) is 0 Å². The summed E-state index contributed by atoms with van der Waals surface area (Å²) in [5.74, 6) is -1.14. The monoisotopic (exact) mass is 990 g/mol. The van der Waals surface area contributed by atoms with Crippen LogP contribution in [0.5, 0.6) is 5.75 Å². The molecular formula is C49H60ClFN8O9S. The number of unbranched alkanes of at least 4 members (excludes halogenated alkanes) is 2. The molecule has 0 radical (unpaired) electrons. The zero-order chi connectivity index (χ0) is 48.4. The summed E-state index contributed by atoms with van der Waals surface area (Å²) < 4.78 is 37.7. The Labute approximate surface area is 409 Å². The van der Waals surface area contributed by atoms with Crippen LogP contribution in [0.4, 0.5) is 21.0 Å². The van der Waals surface area contributed by atoms with E-state index in [0.717, 1.165) is 30.2 Å². The largest absolute Gasteiger partial charge is 0.487 e. The molecule has 2 fully saturated rings. The summed E-state index contributed by atoms with van der Waals surface area (Å²) in [6.45, 7) is 4.49. The van der Waals surface area contributed by atoms with Gasteiger partial charge in [0.05, 0.1) is 56.2 Å². The normalized spacial score (nSPS) is 19.0. The summed E-state index contributed by atoms with van der Waals surface area (Å²) >= 11 is 7.45. The van der Waals surface area contributed by atoms with Gasteiger partial charge in [-0.2, -0.15) is 0 Å². The van der Waals surface area contributed by atoms with E-state index in [1.165, 1.54) is 22.3 Å². The minimum absolute atomic E-state index is 0.00168. The number of ether oxygens (including phenoxy) is 4. The first kappa shape index (κ1) is 51.3. The van der Waals surface area contributed by atoms with E-state index >= 15 is 0 Å². The molecule has 2 aliphatic heterocycles. The van der Waals surface area contributed by atoms with E-state index in [4.69, 9.17) is 35.5 Å². The zero-order valence-corrected chi connectivity index (χ0v) is 40.1. The molecule has 4 aromatic rings. The number of amides is 5. The van der Waals surface area contributed by atoms with Gasteiger partial charge in [0.15, 0.2) is 16.7 Å². The minimum Gasteiger partial charge on any atom is -0.487 e. The predicted octanol–water partition coefficient (Wildman–Crippen LogP) is 6.34. The lowest BCUT2D eigenvalue weighted by molar-refractivity contribution is -0.137. The summed E-state index contributed by atoms with van der Waals surface area (Å²) in [5.41, 5.74) is 1.73. The molecule has 0 bridgehead atoms. The lowest BCUT2D eigenvalue weighted by Gasteiger charge is -2.39. The Bertz CT molecular complexity index is 2370. The second kappa shape index (κ2) is 25.9. The highest BCUT2D eigenvalue weighted by Gasteiger charge is 2.43. The van der Waals surface area contributed by atoms with Gasteiger partial charge in [0, 0.05) is 73.0 Å². The molecule has 4 heterocycles. The first-order valence-corrected chi connectivity index (χ1v) is 24.9. The lowest BCUT2D eigenvalue weighted by atomic mass is 9.69. The van der Waals surface area contributed by atoms with E-state index in [-0.39, 0.29) is 59.9 Å². The van der Waals surface area contributed by atoms with Crippen LogP contribution < -0.4 is 31.3 Å². The van der Waals surface area contributed by atoms with Crippen LogP contribution in [0.3, 0.4) is 0 Å². The SMILES string of the molecule is O=C1CCC(N2Cc3c(NC(=O)CCCCCNCCOCCOCCOCCNC(=O)[C@]4(Cc5cccc(Nc6nccs6)n5)CC[C@@H](Oc5cccc(Cl)c5F)CC4)cccc3C2=O)C(=O)N1. The number of fused-ring (bicyclic) bond motifs is 1. The number of carbonyl (C=O) groups excluding carboxylic acids is 5. The van der Waals surface area contributed by atoms with Crippen LogP contribution in [0.2, 0.25) is 5.02 Å². The quantitative estimate of drug-likeness (QED) is 0.0327. The molecule has 1 saturated heterocycles. The fourth-order valence-corrected chi connectivity index (χ4v) is 9.45. The van der Waals surface area contributed by atoms with Crippen LogP contribution in [0.25, 0.3) is 0 Å². The van der Waals surface area contributed by atoms with Crippen LogP contribution in [0.1, 0.15) is 85.8 Å². The number of nitrogens with zero attached hydrogens (tertiary/aromatic N) is 3. The number of imide groups is 1. The molecule has 5 N–H and O–H groups in total. The first-order chi connectivity index (χ1) is 33.6. The molecule has 3 aliphatic rings. The van der Waals surface area contributed by atoms with Gasteiger partial charge in [-0.15, -0.1) is 11.3 Å². The van der Waals surface area contributed by atoms with Crippen molar-refractivity contribution >= 4 is 69.1 Å². The number of halogens is 2. The smallest absolute Gasteiger partial charge is 0.255 e. The third-order valence-electron chi connectivity index (χ3n) is 12.4. The molecule has 7 rings (SSSR count). The van der Waals surface area contributed by atoms with Gasteiger partial charge in [-0.1, -0.05) is 36.2 Å². The fourth-order valence-electron chi connectivity index (χ4n) is 8.75. The summed E-state index contributed by atoms with van der Waals surface area (Å²) in [4.78, 5) is 74.3. The third kappa shape index (κ3) is 14.7. The number of pyridine rings is 1. The number of piperidine rings is 1. The lowest BCUT2D eigenvalue weighted by Crippen LogP contribution is -2.52. The highest BCUT2D eigenvalue weighted by atomic mass is 35.5. The number of thiazole rings is 1. The Morgan fingerprint density at radius 2 is 1.64 bits per heavy atom. The number of anilines is 3. The highest BCUT2D eigenvalue weighted by molar-refractivity contribution is 7.13. The molecule has 370 valence electrons. The van der Waals surface area contributed by atoms with Gasteiger partial charge in [0.2, 0.25) is 23.6 Å². The Kier molecular flexibility index (Phi) is 19.2. The van der Waals surface area contributed by atoms with E-state index in [1.54, 1.807) is 36.5 Å². The van der Waals surface area contributed by atoms with E-state index in [0.29, 0.717) is 120 Å². The number of rotatable bonds is 27. The van der Waals surface area contributed by atoms with Gasteiger partial charge in [-0.3, -0.25) is 29.3 Å². The summed E-state index contributed by atoms with van der Waals surface area (Å²) in [5, 5.41) is 17.5. The van der Waals surface area contributed by atoms with Crippen molar-refractivity contribution in [3.05, 3.63) is 93.8 Å². The molecule has 17 nitrogen and oxygen atoms in total. The van der Waals surface area contributed by atoms with Crippen molar-refractivity contribution in [2.75, 3.05) is 69.9 Å². The molecule has 1 atom stereocenters. The Morgan fingerprint density at radius 1 is 0.884 bits per heavy atom. The standard InChI is InChI=1S/C49H60ClFN8O9S/c50-37-9-6-11-40(44(37)51)68-34-16-18-49(19-17-34,31-33-7-4-12-41(55-33)57-48-54-23-30-69-48)47(64)53-22-25-66-27-29-67-28-26-65-24-21-52-20-3-1-2-13-42(60)56-38-10-5-8-35-36(38)32-59(46(35)63)39-14-15-43(61)58-45(39)62/h4-12,23,30,34,39,52H,1-3,13-22,24-29,31-32H2,(H,53,64)(H,56,60)(H,54,55,57)(H,58,61,62)/t34-,39?,49-. The third-order valence-corrected chi connectivity index (χ3v) is 13.4. The van der Waals surface area contributed by atoms with Crippen molar-refractivity contribution in [1.29, 1.82) is 0 Å². The number of hydrogen-bond acceptors (Lipinski definition) is 14. The number of carbonyl (C=O) groups is 5. The van der Waals surface area contributed by atoms with Crippen molar-refractivity contribution in [2.45, 2.75) is 89.3 Å². The molecule has 2 aromatic carbocycles. The molecule has 1 aliphatic carbocycles. The number of nitrogens with one attached hydrogen (secondary N) is 5. The average Bonchev–Trinajstić information content (AvgIpc) is 3.98. The van der Waals surface area contributed by atoms with E-state index in [2.05, 4.69) is 31.6 Å². The number of benzene rings is 2. The van der Waals surface area contributed by atoms with E-state index < -0.39 is 23.2 Å². The fraction of sp³-hybridized carbons (Fsp3) is 0.490. The average molecular weight is 992 g/mol. The maximum atomic E-state index is 14.6. The second-order valence-electron chi connectivity index (χ2n) is 17.2. The number of aromatic nitrogens is 2. The maximum absolute atomic E-state index is 14.6. The van der Waals surface area contributed by atoms with Crippen molar-refractivity contribution in [1.82, 2.24) is 30.8 Å². The molecule has 20 heteroatoms. The summed E-state index contributed by atoms with van der Waals surface area (Å²) in [6, 6.07) is 14.8. The molecular weight excluding hydrogens is 931 g/mol.